The third kappa shape index (κ3) is 3.85. The van der Waals surface area contributed by atoms with E-state index < -0.39 is 17.6 Å². The first-order valence-electron chi connectivity index (χ1n) is 7.26. The van der Waals surface area contributed by atoms with Crippen molar-refractivity contribution in [1.29, 1.82) is 0 Å². The first-order chi connectivity index (χ1) is 11.8. The summed E-state index contributed by atoms with van der Waals surface area (Å²) in [5.74, 6) is -0.633. The van der Waals surface area contributed by atoms with Crippen molar-refractivity contribution in [2.45, 2.75) is 6.18 Å². The van der Waals surface area contributed by atoms with Gasteiger partial charge in [-0.05, 0) is 54.6 Å². The van der Waals surface area contributed by atoms with E-state index in [0.717, 1.165) is 17.8 Å². The van der Waals surface area contributed by atoms with Crippen molar-refractivity contribution in [3.05, 3.63) is 83.1 Å². The fraction of sp³-hybridized carbons (Fsp3) is 0.0556. The maximum absolute atomic E-state index is 13.1. The quantitative estimate of drug-likeness (QED) is 0.663. The van der Waals surface area contributed by atoms with Crippen LogP contribution in [0.3, 0.4) is 0 Å². The molecule has 128 valence electrons. The first kappa shape index (κ1) is 17.1. The van der Waals surface area contributed by atoms with Crippen molar-refractivity contribution >= 4 is 23.2 Å². The van der Waals surface area contributed by atoms with Crippen LogP contribution in [0.4, 0.5) is 18.9 Å². The first-order valence-corrected chi connectivity index (χ1v) is 7.64. The molecule has 3 nitrogen and oxygen atoms in total. The summed E-state index contributed by atoms with van der Waals surface area (Å²) in [5.41, 5.74) is -0.239. The molecule has 0 saturated carbocycles. The Balaban J connectivity index is 1.83. The van der Waals surface area contributed by atoms with Gasteiger partial charge in [-0.3, -0.25) is 4.79 Å². The monoisotopic (exact) mass is 364 g/mol. The Kier molecular flexibility index (Phi) is 4.55. The summed E-state index contributed by atoms with van der Waals surface area (Å²) in [4.78, 5) is 12.3. The molecule has 0 fully saturated rings. The number of alkyl halides is 3. The number of hydrogen-bond acceptors (Lipinski definition) is 1. The van der Waals surface area contributed by atoms with Crippen LogP contribution in [-0.2, 0) is 6.18 Å². The molecule has 3 rings (SSSR count). The van der Waals surface area contributed by atoms with E-state index in [4.69, 9.17) is 11.6 Å². The van der Waals surface area contributed by atoms with Crippen LogP contribution < -0.4 is 5.32 Å². The third-order valence-corrected chi connectivity index (χ3v) is 3.80. The van der Waals surface area contributed by atoms with Gasteiger partial charge in [0.1, 0.15) is 0 Å². The molecule has 0 spiro atoms. The number of rotatable bonds is 3. The number of anilines is 1. The molecule has 0 unspecified atom stereocenters. The molecule has 3 aromatic rings. The summed E-state index contributed by atoms with van der Waals surface area (Å²) >= 11 is 5.63. The maximum atomic E-state index is 13.1. The highest BCUT2D eigenvalue weighted by Gasteiger charge is 2.34. The average molecular weight is 365 g/mol. The van der Waals surface area contributed by atoms with E-state index in [0.29, 0.717) is 0 Å². The highest BCUT2D eigenvalue weighted by Crippen LogP contribution is 2.36. The Morgan fingerprint density at radius 1 is 1.00 bits per heavy atom. The standard InChI is InChI=1S/C18H12ClF3N2O/c19-13-5-8-16(15(11-13)18(20,21)22)23-17(25)12-3-6-14(7-4-12)24-9-1-2-10-24/h1-11H,(H,23,25). The van der Waals surface area contributed by atoms with Gasteiger partial charge in [0.25, 0.3) is 5.91 Å². The van der Waals surface area contributed by atoms with E-state index in [1.54, 1.807) is 24.3 Å². The van der Waals surface area contributed by atoms with Crippen LogP contribution in [-0.4, -0.2) is 10.5 Å². The van der Waals surface area contributed by atoms with Crippen molar-refractivity contribution < 1.29 is 18.0 Å². The fourth-order valence-electron chi connectivity index (χ4n) is 2.35. The lowest BCUT2D eigenvalue weighted by Gasteiger charge is -2.14. The zero-order valence-corrected chi connectivity index (χ0v) is 13.5. The summed E-state index contributed by atoms with van der Waals surface area (Å²) in [6, 6.07) is 13.5. The topological polar surface area (TPSA) is 34.0 Å². The minimum Gasteiger partial charge on any atom is -0.324 e. The largest absolute Gasteiger partial charge is 0.418 e. The molecule has 1 amide bonds. The van der Waals surface area contributed by atoms with E-state index in [1.165, 1.54) is 6.07 Å². The molecular weight excluding hydrogens is 353 g/mol. The van der Waals surface area contributed by atoms with Gasteiger partial charge in [0.15, 0.2) is 0 Å². The van der Waals surface area contributed by atoms with Gasteiger partial charge in [-0.1, -0.05) is 11.6 Å². The predicted octanol–water partition coefficient (Wildman–Crippen LogP) is 5.40. The second-order valence-corrected chi connectivity index (χ2v) is 5.72. The maximum Gasteiger partial charge on any atom is 0.418 e. The molecule has 1 N–H and O–H groups in total. The molecular formula is C18H12ClF3N2O. The molecule has 25 heavy (non-hydrogen) atoms. The summed E-state index contributed by atoms with van der Waals surface area (Å²) in [6.07, 6.45) is -0.928. The second kappa shape index (κ2) is 6.64. The van der Waals surface area contributed by atoms with Gasteiger partial charge in [-0.15, -0.1) is 0 Å². The number of aromatic nitrogens is 1. The van der Waals surface area contributed by atoms with E-state index in [9.17, 15) is 18.0 Å². The third-order valence-electron chi connectivity index (χ3n) is 3.57. The highest BCUT2D eigenvalue weighted by atomic mass is 35.5. The van der Waals surface area contributed by atoms with E-state index >= 15 is 0 Å². The smallest absolute Gasteiger partial charge is 0.324 e. The van der Waals surface area contributed by atoms with Crippen LogP contribution in [0.15, 0.2) is 67.0 Å². The minimum absolute atomic E-state index is 0.0543. The summed E-state index contributed by atoms with van der Waals surface area (Å²) in [7, 11) is 0. The van der Waals surface area contributed by atoms with Gasteiger partial charge in [-0.2, -0.15) is 13.2 Å². The Labute approximate surface area is 146 Å². The molecule has 0 bridgehead atoms. The molecule has 0 aliphatic heterocycles. The van der Waals surface area contributed by atoms with Gasteiger partial charge >= 0.3 is 6.18 Å². The van der Waals surface area contributed by atoms with Crippen LogP contribution in [0.5, 0.6) is 0 Å². The van der Waals surface area contributed by atoms with Gasteiger partial charge in [0.05, 0.1) is 11.3 Å². The second-order valence-electron chi connectivity index (χ2n) is 5.28. The average Bonchev–Trinajstić information content (AvgIpc) is 3.10. The molecule has 0 saturated heterocycles. The van der Waals surface area contributed by atoms with Crippen molar-refractivity contribution in [1.82, 2.24) is 4.57 Å². The van der Waals surface area contributed by atoms with Gasteiger partial charge in [0, 0.05) is 28.7 Å². The molecule has 0 aliphatic carbocycles. The molecule has 0 aliphatic rings. The van der Waals surface area contributed by atoms with Crippen LogP contribution in [0.2, 0.25) is 5.02 Å². The van der Waals surface area contributed by atoms with Crippen molar-refractivity contribution in [3.8, 4) is 5.69 Å². The molecule has 1 heterocycles. The molecule has 0 radical (unpaired) electrons. The Bertz CT molecular complexity index is 888. The molecule has 0 atom stereocenters. The number of halogens is 4. The molecule has 2 aromatic carbocycles. The summed E-state index contributed by atoms with van der Waals surface area (Å²) in [6.45, 7) is 0. The molecule has 7 heteroatoms. The SMILES string of the molecule is O=C(Nc1ccc(Cl)cc1C(F)(F)F)c1ccc(-n2cccc2)cc1. The van der Waals surface area contributed by atoms with Gasteiger partial charge in [-0.25, -0.2) is 0 Å². The minimum atomic E-state index is -4.62. The lowest BCUT2D eigenvalue weighted by molar-refractivity contribution is -0.136. The van der Waals surface area contributed by atoms with E-state index in [1.807, 2.05) is 29.1 Å². The van der Waals surface area contributed by atoms with Gasteiger partial charge < -0.3 is 9.88 Å². The molecule has 1 aromatic heterocycles. The zero-order valence-electron chi connectivity index (χ0n) is 12.7. The highest BCUT2D eigenvalue weighted by molar-refractivity contribution is 6.30. The number of amides is 1. The number of carbonyl (C=O) groups excluding carboxylic acids is 1. The van der Waals surface area contributed by atoms with Crippen LogP contribution in [0, 0.1) is 0 Å². The fourth-order valence-corrected chi connectivity index (χ4v) is 2.52. The van der Waals surface area contributed by atoms with Crippen LogP contribution >= 0.6 is 11.6 Å². The predicted molar refractivity (Wildman–Crippen MR) is 90.2 cm³/mol. The number of nitrogens with one attached hydrogen (secondary N) is 1. The van der Waals surface area contributed by atoms with E-state index in [2.05, 4.69) is 5.32 Å². The van der Waals surface area contributed by atoms with Crippen molar-refractivity contribution in [2.24, 2.45) is 0 Å². The lowest BCUT2D eigenvalue weighted by Crippen LogP contribution is -2.16. The lowest BCUT2D eigenvalue weighted by atomic mass is 10.1. The summed E-state index contributed by atoms with van der Waals surface area (Å²) in [5, 5.41) is 2.24. The summed E-state index contributed by atoms with van der Waals surface area (Å²) < 4.78 is 41.1. The van der Waals surface area contributed by atoms with Crippen LogP contribution in [0.25, 0.3) is 5.69 Å². The Morgan fingerprint density at radius 2 is 1.64 bits per heavy atom. The van der Waals surface area contributed by atoms with Crippen molar-refractivity contribution in [2.75, 3.05) is 5.32 Å². The Morgan fingerprint density at radius 3 is 2.24 bits per heavy atom. The Hall–Kier alpha value is -2.73. The normalized spacial score (nSPS) is 11.4. The van der Waals surface area contributed by atoms with Crippen molar-refractivity contribution in [3.63, 3.8) is 0 Å². The number of carbonyl (C=O) groups is 1. The van der Waals surface area contributed by atoms with E-state index in [-0.39, 0.29) is 16.3 Å². The number of hydrogen-bond donors (Lipinski definition) is 1. The van der Waals surface area contributed by atoms with Crippen LogP contribution in [0.1, 0.15) is 15.9 Å². The number of benzene rings is 2. The zero-order chi connectivity index (χ0) is 18.0. The number of nitrogens with zero attached hydrogens (tertiary/aromatic N) is 1. The van der Waals surface area contributed by atoms with Gasteiger partial charge in [0.2, 0.25) is 0 Å².